The van der Waals surface area contributed by atoms with E-state index in [-0.39, 0.29) is 12.4 Å². The van der Waals surface area contributed by atoms with E-state index in [9.17, 15) is 10.1 Å². The first-order valence-electron chi connectivity index (χ1n) is 8.78. The lowest BCUT2D eigenvalue weighted by Crippen LogP contribution is -2.59. The maximum atomic E-state index is 12.4. The van der Waals surface area contributed by atoms with Gasteiger partial charge in [0.05, 0.1) is 30.2 Å². The average Bonchev–Trinajstić information content (AvgIpc) is 2.59. The zero-order valence-electron chi connectivity index (χ0n) is 14.9. The van der Waals surface area contributed by atoms with E-state index in [0.717, 1.165) is 17.9 Å². The lowest BCUT2D eigenvalue weighted by molar-refractivity contribution is -0.152. The molecule has 1 N–H and O–H groups in total. The number of carbonyl (C=O) groups is 1. The normalized spacial score (nSPS) is 28.8. The molecule has 1 spiro atoms. The SMILES string of the molecule is CC1(C)CC2(CC(C#N)C1=O)CN(c1ccc(CCO)nc1)CCO2. The van der Waals surface area contributed by atoms with Gasteiger partial charge in [0.2, 0.25) is 0 Å². The van der Waals surface area contributed by atoms with Crippen molar-refractivity contribution in [3.05, 3.63) is 24.0 Å². The molecule has 0 bridgehead atoms. The Labute approximate surface area is 148 Å². The number of aliphatic hydroxyl groups excluding tert-OH is 1. The molecule has 1 aromatic rings. The summed E-state index contributed by atoms with van der Waals surface area (Å²) in [6.07, 6.45) is 3.46. The summed E-state index contributed by atoms with van der Waals surface area (Å²) >= 11 is 0. The first-order valence-corrected chi connectivity index (χ1v) is 8.78. The van der Waals surface area contributed by atoms with Gasteiger partial charge in [0.1, 0.15) is 5.92 Å². The number of morpholine rings is 1. The third kappa shape index (κ3) is 3.53. The molecule has 1 aromatic heterocycles. The van der Waals surface area contributed by atoms with E-state index in [0.29, 0.717) is 32.4 Å². The Kier molecular flexibility index (Phi) is 4.81. The van der Waals surface area contributed by atoms with Crippen molar-refractivity contribution >= 4 is 11.5 Å². The quantitative estimate of drug-likeness (QED) is 0.899. The largest absolute Gasteiger partial charge is 0.396 e. The van der Waals surface area contributed by atoms with Gasteiger partial charge in [-0.2, -0.15) is 5.26 Å². The van der Waals surface area contributed by atoms with E-state index < -0.39 is 16.9 Å². The summed E-state index contributed by atoms with van der Waals surface area (Å²) in [5, 5.41) is 18.4. The van der Waals surface area contributed by atoms with Crippen LogP contribution < -0.4 is 4.90 Å². The molecule has 2 unspecified atom stereocenters. The summed E-state index contributed by atoms with van der Waals surface area (Å²) in [7, 11) is 0. The number of carbonyl (C=O) groups excluding carboxylic acids is 1. The highest BCUT2D eigenvalue weighted by molar-refractivity contribution is 5.89. The van der Waals surface area contributed by atoms with Gasteiger partial charge in [-0.05, 0) is 18.6 Å². The molecule has 6 nitrogen and oxygen atoms in total. The van der Waals surface area contributed by atoms with E-state index in [2.05, 4.69) is 16.0 Å². The number of hydrogen-bond acceptors (Lipinski definition) is 6. The fourth-order valence-electron chi connectivity index (χ4n) is 4.17. The topological polar surface area (TPSA) is 86.5 Å². The fraction of sp³-hybridized carbons (Fsp3) is 0.632. The van der Waals surface area contributed by atoms with Crippen molar-refractivity contribution in [1.29, 1.82) is 5.26 Å². The number of Topliss-reactive ketones (excluding diaryl/α,β-unsaturated/α-hetero) is 1. The Morgan fingerprint density at radius 3 is 2.92 bits per heavy atom. The van der Waals surface area contributed by atoms with Gasteiger partial charge in [-0.1, -0.05) is 13.8 Å². The third-order valence-electron chi connectivity index (χ3n) is 5.27. The molecule has 1 saturated heterocycles. The highest BCUT2D eigenvalue weighted by Gasteiger charge is 2.52. The van der Waals surface area contributed by atoms with Crippen molar-refractivity contribution in [2.75, 3.05) is 31.2 Å². The number of hydrogen-bond donors (Lipinski definition) is 1. The second-order valence-electron chi connectivity index (χ2n) is 7.75. The van der Waals surface area contributed by atoms with E-state index >= 15 is 0 Å². The minimum absolute atomic E-state index is 0.0244. The van der Waals surface area contributed by atoms with Gasteiger partial charge < -0.3 is 14.7 Å². The fourth-order valence-corrected chi connectivity index (χ4v) is 4.17. The zero-order chi connectivity index (χ0) is 18.1. The second kappa shape index (κ2) is 6.74. The molecule has 0 aromatic carbocycles. The molecule has 25 heavy (non-hydrogen) atoms. The maximum Gasteiger partial charge on any atom is 0.155 e. The smallest absolute Gasteiger partial charge is 0.155 e. The predicted octanol–water partition coefficient (Wildman–Crippen LogP) is 1.72. The van der Waals surface area contributed by atoms with Gasteiger partial charge in [0.15, 0.2) is 5.78 Å². The van der Waals surface area contributed by atoms with Crippen LogP contribution in [0.1, 0.15) is 32.4 Å². The van der Waals surface area contributed by atoms with Crippen molar-refractivity contribution in [2.45, 2.75) is 38.7 Å². The second-order valence-corrected chi connectivity index (χ2v) is 7.75. The molecule has 134 valence electrons. The van der Waals surface area contributed by atoms with E-state index in [1.807, 2.05) is 32.2 Å². The molecule has 3 rings (SSSR count). The Balaban J connectivity index is 1.80. The summed E-state index contributed by atoms with van der Waals surface area (Å²) in [4.78, 5) is 19.1. The van der Waals surface area contributed by atoms with Crippen LogP contribution in [0, 0.1) is 22.7 Å². The van der Waals surface area contributed by atoms with Gasteiger partial charge in [-0.25, -0.2) is 0 Å². The number of nitrogens with zero attached hydrogens (tertiary/aromatic N) is 3. The number of nitriles is 1. The molecule has 0 amide bonds. The standard InChI is InChI=1S/C19H25N3O3/c1-18(2)12-19(9-14(10-20)17(18)24)13-22(6-8-25-19)16-4-3-15(5-7-23)21-11-16/h3-4,11,14,23H,5-9,12-13H2,1-2H3. The first-order chi connectivity index (χ1) is 11.9. The Morgan fingerprint density at radius 1 is 1.48 bits per heavy atom. The minimum atomic E-state index is -0.603. The van der Waals surface area contributed by atoms with Gasteiger partial charge in [-0.3, -0.25) is 9.78 Å². The van der Waals surface area contributed by atoms with Crippen LogP contribution in [0.5, 0.6) is 0 Å². The van der Waals surface area contributed by atoms with Crippen LogP contribution in [0.3, 0.4) is 0 Å². The summed E-state index contributed by atoms with van der Waals surface area (Å²) < 4.78 is 6.14. The summed E-state index contributed by atoms with van der Waals surface area (Å²) in [6.45, 7) is 5.89. The first kappa shape index (κ1) is 17.8. The van der Waals surface area contributed by atoms with E-state index in [1.54, 1.807) is 0 Å². The molecule has 1 saturated carbocycles. The lowest BCUT2D eigenvalue weighted by Gasteiger charge is -2.50. The number of ether oxygens (including phenoxy) is 1. The maximum absolute atomic E-state index is 12.4. The Bertz CT molecular complexity index is 680. The van der Waals surface area contributed by atoms with Gasteiger partial charge in [0.25, 0.3) is 0 Å². The molecule has 2 aliphatic rings. The molecule has 1 aliphatic heterocycles. The van der Waals surface area contributed by atoms with Crippen LogP contribution >= 0.6 is 0 Å². The predicted molar refractivity (Wildman–Crippen MR) is 93.0 cm³/mol. The van der Waals surface area contributed by atoms with Gasteiger partial charge in [0, 0.05) is 43.6 Å². The van der Waals surface area contributed by atoms with Crippen LogP contribution in [0.2, 0.25) is 0 Å². The van der Waals surface area contributed by atoms with Gasteiger partial charge >= 0.3 is 0 Å². The van der Waals surface area contributed by atoms with Crippen LogP contribution in [-0.4, -0.2) is 47.8 Å². The lowest BCUT2D eigenvalue weighted by atomic mass is 9.64. The van der Waals surface area contributed by atoms with Crippen molar-refractivity contribution in [2.24, 2.45) is 11.3 Å². The number of ketones is 1. The van der Waals surface area contributed by atoms with Crippen molar-refractivity contribution in [3.8, 4) is 6.07 Å². The summed E-state index contributed by atoms with van der Waals surface area (Å²) in [5.41, 5.74) is 0.848. The monoisotopic (exact) mass is 343 g/mol. The number of anilines is 1. The zero-order valence-corrected chi connectivity index (χ0v) is 14.9. The Morgan fingerprint density at radius 2 is 2.28 bits per heavy atom. The van der Waals surface area contributed by atoms with Gasteiger partial charge in [-0.15, -0.1) is 0 Å². The summed E-state index contributed by atoms with van der Waals surface area (Å²) in [6, 6.07) is 6.12. The van der Waals surface area contributed by atoms with Crippen LogP contribution in [0.25, 0.3) is 0 Å². The van der Waals surface area contributed by atoms with Crippen molar-refractivity contribution in [3.63, 3.8) is 0 Å². The summed E-state index contributed by atoms with van der Waals surface area (Å²) in [5.74, 6) is -0.579. The number of pyridine rings is 1. The van der Waals surface area contributed by atoms with Crippen molar-refractivity contribution in [1.82, 2.24) is 4.98 Å². The number of rotatable bonds is 3. The number of aliphatic hydroxyl groups is 1. The minimum Gasteiger partial charge on any atom is -0.396 e. The molecule has 1 aliphatic carbocycles. The molecule has 2 fully saturated rings. The highest BCUT2D eigenvalue weighted by Crippen LogP contribution is 2.45. The number of aromatic nitrogens is 1. The molecule has 2 heterocycles. The Hall–Kier alpha value is -1.97. The molecule has 6 heteroatoms. The molecule has 2 atom stereocenters. The average molecular weight is 343 g/mol. The molecule has 0 radical (unpaired) electrons. The molecular weight excluding hydrogens is 318 g/mol. The van der Waals surface area contributed by atoms with E-state index in [4.69, 9.17) is 9.84 Å². The van der Waals surface area contributed by atoms with E-state index in [1.165, 1.54) is 0 Å². The van der Waals surface area contributed by atoms with Crippen LogP contribution in [0.4, 0.5) is 5.69 Å². The van der Waals surface area contributed by atoms with Crippen LogP contribution in [-0.2, 0) is 16.0 Å². The van der Waals surface area contributed by atoms with Crippen LogP contribution in [0.15, 0.2) is 18.3 Å². The highest BCUT2D eigenvalue weighted by atomic mass is 16.5. The third-order valence-corrected chi connectivity index (χ3v) is 5.27. The molecular formula is C19H25N3O3. The van der Waals surface area contributed by atoms with Crippen molar-refractivity contribution < 1.29 is 14.6 Å².